The number of aromatic nitrogens is 2. The Kier molecular flexibility index (Phi) is 4.93. The zero-order chi connectivity index (χ0) is 13.7. The second kappa shape index (κ2) is 6.68. The van der Waals surface area contributed by atoms with E-state index >= 15 is 0 Å². The molecule has 2 N–H and O–H groups in total. The van der Waals surface area contributed by atoms with Gasteiger partial charge in [0.1, 0.15) is 0 Å². The first-order valence-corrected chi connectivity index (χ1v) is 6.99. The molecule has 0 aromatic carbocycles. The summed E-state index contributed by atoms with van der Waals surface area (Å²) < 4.78 is 1.88. The van der Waals surface area contributed by atoms with Crippen LogP contribution in [0.4, 0.5) is 5.69 Å². The summed E-state index contributed by atoms with van der Waals surface area (Å²) in [6.07, 6.45) is 3.61. The predicted octanol–water partition coefficient (Wildman–Crippen LogP) is 0.383. The molecule has 0 unspecified atom stereocenters. The van der Waals surface area contributed by atoms with Crippen molar-refractivity contribution in [1.29, 1.82) is 0 Å². The maximum atomic E-state index is 11.8. The smallest absolute Gasteiger partial charge is 0.230 e. The van der Waals surface area contributed by atoms with E-state index in [1.54, 1.807) is 6.20 Å². The van der Waals surface area contributed by atoms with E-state index in [4.69, 9.17) is 0 Å². The molecule has 1 aliphatic heterocycles. The van der Waals surface area contributed by atoms with E-state index in [0.29, 0.717) is 0 Å². The number of anilines is 1. The molecule has 2 rings (SSSR count). The number of rotatable bonds is 7. The fraction of sp³-hybridized carbons (Fsp3) is 0.692. The Morgan fingerprint density at radius 3 is 2.84 bits per heavy atom. The van der Waals surface area contributed by atoms with Crippen molar-refractivity contribution in [3.8, 4) is 0 Å². The summed E-state index contributed by atoms with van der Waals surface area (Å²) in [5.74, 6) is 0.195. The van der Waals surface area contributed by atoms with Crippen LogP contribution < -0.4 is 10.6 Å². The van der Waals surface area contributed by atoms with E-state index in [0.717, 1.165) is 45.0 Å². The van der Waals surface area contributed by atoms with Crippen molar-refractivity contribution < 1.29 is 4.79 Å². The summed E-state index contributed by atoms with van der Waals surface area (Å²) in [6.45, 7) is 9.81. The van der Waals surface area contributed by atoms with Gasteiger partial charge in [-0.25, -0.2) is 0 Å². The summed E-state index contributed by atoms with van der Waals surface area (Å²) in [5.41, 5.74) is 0.788. The fourth-order valence-corrected chi connectivity index (χ4v) is 2.05. The number of nitrogens with one attached hydrogen (secondary N) is 2. The molecule has 0 bridgehead atoms. The van der Waals surface area contributed by atoms with Gasteiger partial charge >= 0.3 is 0 Å². The summed E-state index contributed by atoms with van der Waals surface area (Å²) >= 11 is 0. The molecule has 6 nitrogen and oxygen atoms in total. The van der Waals surface area contributed by atoms with Gasteiger partial charge in [-0.1, -0.05) is 13.8 Å². The monoisotopic (exact) mass is 265 g/mol. The molecule has 19 heavy (non-hydrogen) atoms. The van der Waals surface area contributed by atoms with Gasteiger partial charge in [0.05, 0.1) is 24.3 Å². The van der Waals surface area contributed by atoms with E-state index in [1.807, 2.05) is 10.9 Å². The van der Waals surface area contributed by atoms with Gasteiger partial charge in [-0.2, -0.15) is 5.10 Å². The SMILES string of the molecule is CCN(CC)CCn1cc(NC(=O)C2CNC2)cn1. The van der Waals surface area contributed by atoms with Gasteiger partial charge in [-0.3, -0.25) is 9.48 Å². The summed E-state index contributed by atoms with van der Waals surface area (Å²) in [4.78, 5) is 14.1. The Labute approximate surface area is 114 Å². The van der Waals surface area contributed by atoms with E-state index in [-0.39, 0.29) is 11.8 Å². The molecule has 6 heteroatoms. The lowest BCUT2D eigenvalue weighted by Gasteiger charge is -2.25. The number of hydrogen-bond donors (Lipinski definition) is 2. The second-order valence-electron chi connectivity index (χ2n) is 4.86. The first-order valence-electron chi connectivity index (χ1n) is 6.99. The molecule has 0 saturated carbocycles. The Morgan fingerprint density at radius 1 is 1.53 bits per heavy atom. The first-order chi connectivity index (χ1) is 9.22. The minimum atomic E-state index is 0.0852. The highest BCUT2D eigenvalue weighted by Gasteiger charge is 2.24. The Bertz CT molecular complexity index is 409. The maximum absolute atomic E-state index is 11.8. The topological polar surface area (TPSA) is 62.2 Å². The van der Waals surface area contributed by atoms with Crippen molar-refractivity contribution in [1.82, 2.24) is 20.0 Å². The minimum absolute atomic E-state index is 0.0852. The number of amides is 1. The summed E-state index contributed by atoms with van der Waals surface area (Å²) in [5, 5.41) is 10.3. The Hall–Kier alpha value is -1.40. The van der Waals surface area contributed by atoms with Gasteiger partial charge in [0.2, 0.25) is 5.91 Å². The van der Waals surface area contributed by atoms with E-state index in [1.165, 1.54) is 0 Å². The molecule has 1 amide bonds. The lowest BCUT2D eigenvalue weighted by Crippen LogP contribution is -2.48. The largest absolute Gasteiger partial charge is 0.323 e. The van der Waals surface area contributed by atoms with Crippen molar-refractivity contribution >= 4 is 11.6 Å². The predicted molar refractivity (Wildman–Crippen MR) is 75.0 cm³/mol. The van der Waals surface area contributed by atoms with Crippen LogP contribution in [0.5, 0.6) is 0 Å². The van der Waals surface area contributed by atoms with Crippen LogP contribution in [0.2, 0.25) is 0 Å². The van der Waals surface area contributed by atoms with E-state index in [2.05, 4.69) is 34.5 Å². The first kappa shape index (κ1) is 14.0. The molecular formula is C13H23N5O. The van der Waals surface area contributed by atoms with Crippen molar-refractivity contribution in [3.63, 3.8) is 0 Å². The van der Waals surface area contributed by atoms with Crippen LogP contribution >= 0.6 is 0 Å². The molecule has 1 aliphatic rings. The average molecular weight is 265 g/mol. The van der Waals surface area contributed by atoms with Crippen LogP contribution in [-0.2, 0) is 11.3 Å². The average Bonchev–Trinajstić information content (AvgIpc) is 2.75. The highest BCUT2D eigenvalue weighted by molar-refractivity contribution is 5.93. The van der Waals surface area contributed by atoms with Gasteiger partial charge < -0.3 is 15.5 Å². The van der Waals surface area contributed by atoms with E-state index < -0.39 is 0 Å². The highest BCUT2D eigenvalue weighted by Crippen LogP contribution is 2.10. The van der Waals surface area contributed by atoms with Crippen molar-refractivity contribution in [2.24, 2.45) is 5.92 Å². The Balaban J connectivity index is 1.79. The third-order valence-corrected chi connectivity index (χ3v) is 3.59. The van der Waals surface area contributed by atoms with Gasteiger partial charge in [0, 0.05) is 25.8 Å². The molecule has 0 atom stereocenters. The number of carbonyl (C=O) groups is 1. The third kappa shape index (κ3) is 3.78. The van der Waals surface area contributed by atoms with Gasteiger partial charge in [0.25, 0.3) is 0 Å². The number of nitrogens with zero attached hydrogens (tertiary/aromatic N) is 3. The van der Waals surface area contributed by atoms with E-state index in [9.17, 15) is 4.79 Å². The molecule has 106 valence electrons. The van der Waals surface area contributed by atoms with Crippen LogP contribution in [0.1, 0.15) is 13.8 Å². The minimum Gasteiger partial charge on any atom is -0.323 e. The zero-order valence-corrected chi connectivity index (χ0v) is 11.7. The van der Waals surface area contributed by atoms with Crippen molar-refractivity contribution in [2.45, 2.75) is 20.4 Å². The molecule has 2 heterocycles. The van der Waals surface area contributed by atoms with Crippen LogP contribution in [0.15, 0.2) is 12.4 Å². The summed E-state index contributed by atoms with van der Waals surface area (Å²) in [6, 6.07) is 0. The second-order valence-corrected chi connectivity index (χ2v) is 4.86. The van der Waals surface area contributed by atoms with Crippen LogP contribution in [0.25, 0.3) is 0 Å². The van der Waals surface area contributed by atoms with Gasteiger partial charge in [0.15, 0.2) is 0 Å². The van der Waals surface area contributed by atoms with Gasteiger partial charge in [-0.05, 0) is 13.1 Å². The fourth-order valence-electron chi connectivity index (χ4n) is 2.05. The lowest BCUT2D eigenvalue weighted by atomic mass is 10.0. The quantitative estimate of drug-likeness (QED) is 0.748. The molecule has 1 saturated heterocycles. The number of hydrogen-bond acceptors (Lipinski definition) is 4. The standard InChI is InChI=1S/C13H23N5O/c1-3-17(4-2)5-6-18-10-12(9-15-18)16-13(19)11-7-14-8-11/h9-11,14H,3-8H2,1-2H3,(H,16,19). The van der Waals surface area contributed by atoms with Crippen LogP contribution in [0, 0.1) is 5.92 Å². The molecule has 0 spiro atoms. The zero-order valence-electron chi connectivity index (χ0n) is 11.7. The highest BCUT2D eigenvalue weighted by atomic mass is 16.2. The van der Waals surface area contributed by atoms with Crippen molar-refractivity contribution in [2.75, 3.05) is 38.0 Å². The normalized spacial score (nSPS) is 15.5. The Morgan fingerprint density at radius 2 is 2.26 bits per heavy atom. The van der Waals surface area contributed by atoms with Gasteiger partial charge in [-0.15, -0.1) is 0 Å². The van der Waals surface area contributed by atoms with Crippen molar-refractivity contribution in [3.05, 3.63) is 12.4 Å². The maximum Gasteiger partial charge on any atom is 0.230 e. The molecule has 1 fully saturated rings. The lowest BCUT2D eigenvalue weighted by molar-refractivity contribution is -0.121. The number of likely N-dealkylation sites (N-methyl/N-ethyl adjacent to an activating group) is 1. The molecule has 1 aromatic heterocycles. The molecular weight excluding hydrogens is 242 g/mol. The van der Waals surface area contributed by atoms with Crippen LogP contribution in [0.3, 0.4) is 0 Å². The van der Waals surface area contributed by atoms with Crippen LogP contribution in [-0.4, -0.2) is 53.3 Å². The third-order valence-electron chi connectivity index (χ3n) is 3.59. The summed E-state index contributed by atoms with van der Waals surface area (Å²) in [7, 11) is 0. The number of carbonyl (C=O) groups excluding carboxylic acids is 1. The molecule has 0 aliphatic carbocycles. The molecule has 1 aromatic rings. The molecule has 0 radical (unpaired) electrons.